The lowest BCUT2D eigenvalue weighted by Gasteiger charge is -2.07. The van der Waals surface area contributed by atoms with Crippen molar-refractivity contribution in [2.24, 2.45) is 0 Å². The smallest absolute Gasteiger partial charge is 0.360 e. The minimum Gasteiger partial charge on any atom is -0.464 e. The molecule has 2 aromatic rings. The maximum Gasteiger partial charge on any atom is 0.360 e. The molecule has 2 heterocycles. The highest BCUT2D eigenvalue weighted by Gasteiger charge is 2.21. The third kappa shape index (κ3) is 3.10. The highest BCUT2D eigenvalue weighted by atomic mass is 16.5. The van der Waals surface area contributed by atoms with Crippen molar-refractivity contribution in [3.05, 3.63) is 28.4 Å². The topological polar surface area (TPSA) is 92.3 Å². The van der Waals surface area contributed by atoms with Crippen LogP contribution in [0.5, 0.6) is 0 Å². The van der Waals surface area contributed by atoms with Crippen molar-refractivity contribution in [2.75, 3.05) is 20.8 Å². The van der Waals surface area contributed by atoms with E-state index in [2.05, 4.69) is 15.5 Å². The first kappa shape index (κ1) is 15.2. The van der Waals surface area contributed by atoms with E-state index in [1.54, 1.807) is 11.8 Å². The van der Waals surface area contributed by atoms with Gasteiger partial charge < -0.3 is 14.0 Å². The molecule has 0 bridgehead atoms. The van der Waals surface area contributed by atoms with Gasteiger partial charge in [-0.1, -0.05) is 10.4 Å². The molecular formula is C13H18N4O4. The summed E-state index contributed by atoms with van der Waals surface area (Å²) in [5.41, 5.74) is 2.60. The summed E-state index contributed by atoms with van der Waals surface area (Å²) < 4.78 is 16.6. The number of ether oxygens (including phenoxy) is 2. The standard InChI is InChI=1S/C13H18N4O4/c1-8-10(9(2)21-15-8)7-17-11(5-6-19-3)12(14-16-17)13(18)20-4/h5-7H2,1-4H3. The Morgan fingerprint density at radius 1 is 1.33 bits per heavy atom. The van der Waals surface area contributed by atoms with Gasteiger partial charge in [-0.25, -0.2) is 9.48 Å². The zero-order valence-corrected chi connectivity index (χ0v) is 12.5. The molecule has 0 radical (unpaired) electrons. The highest BCUT2D eigenvalue weighted by Crippen LogP contribution is 2.16. The highest BCUT2D eigenvalue weighted by molar-refractivity contribution is 5.88. The number of methoxy groups -OCH3 is 2. The molecule has 0 N–H and O–H groups in total. The summed E-state index contributed by atoms with van der Waals surface area (Å²) in [4.78, 5) is 11.7. The number of hydrogen-bond acceptors (Lipinski definition) is 7. The van der Waals surface area contributed by atoms with Crippen molar-refractivity contribution >= 4 is 5.97 Å². The summed E-state index contributed by atoms with van der Waals surface area (Å²) in [5, 5.41) is 11.9. The predicted octanol–water partition coefficient (Wildman–Crippen LogP) is 0.907. The largest absolute Gasteiger partial charge is 0.464 e. The summed E-state index contributed by atoms with van der Waals surface area (Å²) in [5.74, 6) is 0.214. The van der Waals surface area contributed by atoms with E-state index in [-0.39, 0.29) is 5.69 Å². The van der Waals surface area contributed by atoms with E-state index < -0.39 is 5.97 Å². The van der Waals surface area contributed by atoms with Gasteiger partial charge in [-0.15, -0.1) is 5.10 Å². The predicted molar refractivity (Wildman–Crippen MR) is 72.0 cm³/mol. The molecule has 0 atom stereocenters. The van der Waals surface area contributed by atoms with Crippen molar-refractivity contribution in [1.82, 2.24) is 20.2 Å². The molecule has 0 aromatic carbocycles. The van der Waals surface area contributed by atoms with Crippen molar-refractivity contribution in [2.45, 2.75) is 26.8 Å². The second-order valence-corrected chi connectivity index (χ2v) is 4.58. The van der Waals surface area contributed by atoms with E-state index in [1.807, 2.05) is 13.8 Å². The lowest BCUT2D eigenvalue weighted by Crippen LogP contribution is -2.13. The monoisotopic (exact) mass is 294 g/mol. The second kappa shape index (κ2) is 6.49. The van der Waals surface area contributed by atoms with Crippen LogP contribution in [-0.4, -0.2) is 46.9 Å². The van der Waals surface area contributed by atoms with Crippen LogP contribution in [0.2, 0.25) is 0 Å². The fraction of sp³-hybridized carbons (Fsp3) is 0.538. The number of nitrogens with zero attached hydrogens (tertiary/aromatic N) is 4. The molecule has 0 amide bonds. The molecule has 0 saturated carbocycles. The lowest BCUT2D eigenvalue weighted by molar-refractivity contribution is 0.0592. The van der Waals surface area contributed by atoms with Crippen LogP contribution in [0.25, 0.3) is 0 Å². The first-order chi connectivity index (χ1) is 10.1. The molecule has 0 aliphatic carbocycles. The van der Waals surface area contributed by atoms with Gasteiger partial charge >= 0.3 is 5.97 Å². The third-order valence-corrected chi connectivity index (χ3v) is 3.25. The van der Waals surface area contributed by atoms with Gasteiger partial charge in [0.2, 0.25) is 0 Å². The van der Waals surface area contributed by atoms with Crippen LogP contribution in [0, 0.1) is 13.8 Å². The SMILES string of the molecule is COCCc1c(C(=O)OC)nnn1Cc1c(C)noc1C. The Labute approximate surface area is 122 Å². The Balaban J connectivity index is 2.34. The molecule has 0 aliphatic rings. The Morgan fingerprint density at radius 2 is 2.10 bits per heavy atom. The zero-order valence-electron chi connectivity index (χ0n) is 12.5. The summed E-state index contributed by atoms with van der Waals surface area (Å²) in [6.07, 6.45) is 0.511. The number of carbonyl (C=O) groups is 1. The van der Waals surface area contributed by atoms with Crippen molar-refractivity contribution in [3.8, 4) is 0 Å². The van der Waals surface area contributed by atoms with E-state index >= 15 is 0 Å². The van der Waals surface area contributed by atoms with Crippen LogP contribution in [0.4, 0.5) is 0 Å². The van der Waals surface area contributed by atoms with Crippen LogP contribution in [0.15, 0.2) is 4.52 Å². The molecule has 2 rings (SSSR count). The van der Waals surface area contributed by atoms with Crippen molar-refractivity contribution in [1.29, 1.82) is 0 Å². The van der Waals surface area contributed by atoms with Gasteiger partial charge in [0, 0.05) is 19.1 Å². The van der Waals surface area contributed by atoms with Crippen LogP contribution >= 0.6 is 0 Å². The lowest BCUT2D eigenvalue weighted by atomic mass is 10.2. The normalized spacial score (nSPS) is 10.9. The summed E-state index contributed by atoms with van der Waals surface area (Å²) in [6, 6.07) is 0. The Kier molecular flexibility index (Phi) is 4.69. The van der Waals surface area contributed by atoms with Crippen LogP contribution < -0.4 is 0 Å². The van der Waals surface area contributed by atoms with Gasteiger partial charge in [-0.2, -0.15) is 0 Å². The number of carbonyl (C=O) groups excluding carboxylic acids is 1. The Morgan fingerprint density at radius 3 is 2.67 bits per heavy atom. The van der Waals surface area contributed by atoms with E-state index in [9.17, 15) is 4.79 Å². The maximum atomic E-state index is 11.7. The first-order valence-electron chi connectivity index (χ1n) is 6.49. The van der Waals surface area contributed by atoms with E-state index in [4.69, 9.17) is 14.0 Å². The number of hydrogen-bond donors (Lipinski definition) is 0. The fourth-order valence-corrected chi connectivity index (χ4v) is 2.04. The average molecular weight is 294 g/mol. The maximum absolute atomic E-state index is 11.7. The van der Waals surface area contributed by atoms with E-state index in [1.165, 1.54) is 7.11 Å². The molecule has 2 aromatic heterocycles. The number of esters is 1. The molecule has 114 valence electrons. The minimum absolute atomic E-state index is 0.210. The molecule has 8 nitrogen and oxygen atoms in total. The molecule has 0 fully saturated rings. The summed E-state index contributed by atoms with van der Waals surface area (Å²) >= 11 is 0. The van der Waals surface area contributed by atoms with Gasteiger partial charge in [0.05, 0.1) is 31.6 Å². The molecule has 0 aliphatic heterocycles. The zero-order chi connectivity index (χ0) is 15.4. The number of aromatic nitrogens is 4. The summed E-state index contributed by atoms with van der Waals surface area (Å²) in [7, 11) is 2.91. The van der Waals surface area contributed by atoms with E-state index in [0.29, 0.717) is 25.3 Å². The number of aryl methyl sites for hydroxylation is 2. The molecule has 0 saturated heterocycles. The molecular weight excluding hydrogens is 276 g/mol. The van der Waals surface area contributed by atoms with Crippen LogP contribution in [0.1, 0.15) is 33.2 Å². The van der Waals surface area contributed by atoms with Crippen LogP contribution in [0.3, 0.4) is 0 Å². The third-order valence-electron chi connectivity index (χ3n) is 3.25. The van der Waals surface area contributed by atoms with Gasteiger partial charge in [0.25, 0.3) is 0 Å². The van der Waals surface area contributed by atoms with Gasteiger partial charge in [-0.05, 0) is 13.8 Å². The Hall–Kier alpha value is -2.22. The minimum atomic E-state index is -0.508. The fourth-order valence-electron chi connectivity index (χ4n) is 2.04. The molecule has 8 heteroatoms. The van der Waals surface area contributed by atoms with Gasteiger partial charge in [0.15, 0.2) is 5.69 Å². The van der Waals surface area contributed by atoms with Crippen molar-refractivity contribution in [3.63, 3.8) is 0 Å². The summed E-state index contributed by atoms with van der Waals surface area (Å²) in [6.45, 7) is 4.59. The van der Waals surface area contributed by atoms with E-state index in [0.717, 1.165) is 17.0 Å². The second-order valence-electron chi connectivity index (χ2n) is 4.58. The van der Waals surface area contributed by atoms with Gasteiger partial charge in [-0.3, -0.25) is 0 Å². The van der Waals surface area contributed by atoms with Gasteiger partial charge in [0.1, 0.15) is 5.76 Å². The van der Waals surface area contributed by atoms with Crippen LogP contribution in [-0.2, 0) is 22.4 Å². The number of rotatable bonds is 6. The quantitative estimate of drug-likeness (QED) is 0.731. The molecule has 0 spiro atoms. The molecule has 21 heavy (non-hydrogen) atoms. The average Bonchev–Trinajstić information content (AvgIpc) is 3.02. The first-order valence-corrected chi connectivity index (χ1v) is 6.49. The molecule has 0 unspecified atom stereocenters. The van der Waals surface area contributed by atoms with Crippen molar-refractivity contribution < 1.29 is 18.8 Å². The Bertz CT molecular complexity index is 613.